The number of ether oxygens (including phenoxy) is 2. The number of methoxy groups -OCH3 is 1. The molecular weight excluding hydrogens is 364 g/mol. The summed E-state index contributed by atoms with van der Waals surface area (Å²) in [6, 6.07) is 14.2. The first kappa shape index (κ1) is 18.4. The maximum Gasteiger partial charge on any atom is 0.195 e. The topological polar surface area (TPSA) is 43.7 Å². The Morgan fingerprint density at radius 1 is 1.10 bits per heavy atom. The predicted molar refractivity (Wildman–Crippen MR) is 113 cm³/mol. The molecule has 1 atom stereocenters. The number of hydrogen-bond acceptors (Lipinski definition) is 4. The van der Waals surface area contributed by atoms with E-state index >= 15 is 0 Å². The van der Waals surface area contributed by atoms with E-state index in [1.807, 2.05) is 24.3 Å². The first-order valence-electron chi connectivity index (χ1n) is 10.3. The van der Waals surface area contributed by atoms with Gasteiger partial charge in [0.25, 0.3) is 0 Å². The minimum Gasteiger partial charge on any atom is -0.497 e. The molecule has 2 aliphatic rings. The summed E-state index contributed by atoms with van der Waals surface area (Å²) in [7, 11) is 1.64. The minimum atomic E-state index is 0.0795. The number of nitrogens with zero attached hydrogens (tertiary/aromatic N) is 2. The summed E-state index contributed by atoms with van der Waals surface area (Å²) in [4.78, 5) is 16.0. The number of rotatable bonds is 4. The van der Waals surface area contributed by atoms with Crippen LogP contribution in [0.3, 0.4) is 0 Å². The molecule has 0 saturated carbocycles. The highest BCUT2D eigenvalue weighted by Gasteiger charge is 2.31. The van der Waals surface area contributed by atoms with E-state index in [1.165, 1.54) is 11.1 Å². The number of carbonyl (C=O) groups is 1. The zero-order valence-electron chi connectivity index (χ0n) is 17.0. The molecule has 0 N–H and O–H groups in total. The van der Waals surface area contributed by atoms with Crippen LogP contribution >= 0.6 is 0 Å². The third-order valence-corrected chi connectivity index (χ3v) is 6.42. The Bertz CT molecular complexity index is 1060. The Kier molecular flexibility index (Phi) is 4.64. The average Bonchev–Trinajstić information content (AvgIpc) is 3.07. The van der Waals surface area contributed by atoms with Gasteiger partial charge < -0.3 is 14.0 Å². The first-order chi connectivity index (χ1) is 14.2. The number of morpholine rings is 1. The Hall–Kier alpha value is -2.63. The summed E-state index contributed by atoms with van der Waals surface area (Å²) in [6.45, 7) is 6.58. The maximum absolute atomic E-state index is 13.4. The second-order valence-electron chi connectivity index (χ2n) is 7.95. The molecule has 0 radical (unpaired) electrons. The second kappa shape index (κ2) is 7.32. The number of carbonyl (C=O) groups excluding carboxylic acids is 1. The van der Waals surface area contributed by atoms with E-state index in [-0.39, 0.29) is 5.78 Å². The summed E-state index contributed by atoms with van der Waals surface area (Å²) in [5.41, 5.74) is 5.15. The molecule has 3 heterocycles. The molecule has 150 valence electrons. The van der Waals surface area contributed by atoms with Gasteiger partial charge in [0.05, 0.1) is 31.4 Å². The molecule has 0 bridgehead atoms. The van der Waals surface area contributed by atoms with Crippen molar-refractivity contribution in [3.8, 4) is 5.75 Å². The van der Waals surface area contributed by atoms with Gasteiger partial charge in [-0.15, -0.1) is 0 Å². The zero-order valence-corrected chi connectivity index (χ0v) is 17.0. The van der Waals surface area contributed by atoms with E-state index in [0.29, 0.717) is 11.6 Å². The summed E-state index contributed by atoms with van der Waals surface area (Å²) in [6.07, 6.45) is 1.02. The van der Waals surface area contributed by atoms with Crippen molar-refractivity contribution in [2.75, 3.05) is 33.4 Å². The predicted octanol–water partition coefficient (Wildman–Crippen LogP) is 3.45. The Morgan fingerprint density at radius 2 is 1.86 bits per heavy atom. The number of benzene rings is 2. The van der Waals surface area contributed by atoms with Gasteiger partial charge in [0, 0.05) is 42.3 Å². The van der Waals surface area contributed by atoms with E-state index in [4.69, 9.17) is 9.47 Å². The third-order valence-electron chi connectivity index (χ3n) is 6.42. The van der Waals surface area contributed by atoms with Gasteiger partial charge in [0.1, 0.15) is 5.75 Å². The number of para-hydroxylation sites is 1. The molecule has 1 fully saturated rings. The fourth-order valence-electron chi connectivity index (χ4n) is 4.89. The highest BCUT2D eigenvalue weighted by Crippen LogP contribution is 2.35. The largest absolute Gasteiger partial charge is 0.497 e. The smallest absolute Gasteiger partial charge is 0.195 e. The van der Waals surface area contributed by atoms with Gasteiger partial charge in [-0.25, -0.2) is 0 Å². The SMILES string of the molecule is COc1ccc(C(=O)c2c(C)n3c4c(cccc24)C[C@@H](N2CCOCC2)C3)cc1. The standard InChI is InChI=1S/C24H26N2O3/c1-16-22(24(27)17-6-8-20(28-2)9-7-17)21-5-3-4-18-14-19(15-26(16)23(18)21)25-10-12-29-13-11-25/h3-9,19H,10-15H2,1-2H3/t19-/m1/s1. The van der Waals surface area contributed by atoms with Crippen molar-refractivity contribution in [3.63, 3.8) is 0 Å². The van der Waals surface area contributed by atoms with Gasteiger partial charge in [0.15, 0.2) is 5.78 Å². The van der Waals surface area contributed by atoms with Crippen molar-refractivity contribution < 1.29 is 14.3 Å². The van der Waals surface area contributed by atoms with Crippen molar-refractivity contribution in [3.05, 3.63) is 64.8 Å². The first-order valence-corrected chi connectivity index (χ1v) is 10.3. The molecule has 1 aromatic heterocycles. The number of hydrogen-bond donors (Lipinski definition) is 0. The molecule has 29 heavy (non-hydrogen) atoms. The molecule has 0 amide bonds. The third kappa shape index (κ3) is 3.05. The summed E-state index contributed by atoms with van der Waals surface area (Å²) >= 11 is 0. The van der Waals surface area contributed by atoms with Gasteiger partial charge in [-0.2, -0.15) is 0 Å². The van der Waals surface area contributed by atoms with E-state index in [1.54, 1.807) is 7.11 Å². The molecule has 1 saturated heterocycles. The minimum absolute atomic E-state index is 0.0795. The Balaban J connectivity index is 1.56. The Morgan fingerprint density at radius 3 is 2.59 bits per heavy atom. The van der Waals surface area contributed by atoms with Crippen LogP contribution < -0.4 is 4.74 Å². The summed E-state index contributed by atoms with van der Waals surface area (Å²) in [5, 5.41) is 1.07. The van der Waals surface area contributed by atoms with E-state index < -0.39 is 0 Å². The molecule has 2 aliphatic heterocycles. The second-order valence-corrected chi connectivity index (χ2v) is 7.95. The fourth-order valence-corrected chi connectivity index (χ4v) is 4.89. The van der Waals surface area contributed by atoms with Crippen LogP contribution in [0.1, 0.15) is 27.2 Å². The van der Waals surface area contributed by atoms with Gasteiger partial charge in [-0.1, -0.05) is 18.2 Å². The molecule has 0 unspecified atom stereocenters. The lowest BCUT2D eigenvalue weighted by molar-refractivity contribution is 0.0123. The van der Waals surface area contributed by atoms with Crippen molar-refractivity contribution in [2.24, 2.45) is 0 Å². The van der Waals surface area contributed by atoms with Crippen molar-refractivity contribution in [1.82, 2.24) is 9.47 Å². The Labute approximate surface area is 170 Å². The molecule has 0 spiro atoms. The van der Waals surface area contributed by atoms with Crippen LogP contribution in [0.4, 0.5) is 0 Å². The van der Waals surface area contributed by atoms with Crippen LogP contribution in [-0.2, 0) is 17.7 Å². The van der Waals surface area contributed by atoms with E-state index in [0.717, 1.165) is 61.7 Å². The van der Waals surface area contributed by atoms with Crippen LogP contribution in [0, 0.1) is 6.92 Å². The van der Waals surface area contributed by atoms with Crippen LogP contribution in [0.15, 0.2) is 42.5 Å². The van der Waals surface area contributed by atoms with Gasteiger partial charge in [-0.05, 0) is 43.2 Å². The van der Waals surface area contributed by atoms with Gasteiger partial charge in [-0.3, -0.25) is 9.69 Å². The van der Waals surface area contributed by atoms with Crippen LogP contribution in [0.5, 0.6) is 5.75 Å². The monoisotopic (exact) mass is 390 g/mol. The highest BCUT2D eigenvalue weighted by molar-refractivity contribution is 6.18. The molecule has 3 aromatic rings. The molecular formula is C24H26N2O3. The number of ketones is 1. The lowest BCUT2D eigenvalue weighted by Crippen LogP contribution is -2.47. The quantitative estimate of drug-likeness (QED) is 0.640. The average molecular weight is 390 g/mol. The molecule has 5 nitrogen and oxygen atoms in total. The molecule has 2 aromatic carbocycles. The van der Waals surface area contributed by atoms with Crippen molar-refractivity contribution in [2.45, 2.75) is 25.9 Å². The lowest BCUT2D eigenvalue weighted by Gasteiger charge is -2.37. The van der Waals surface area contributed by atoms with Gasteiger partial charge >= 0.3 is 0 Å². The normalized spacial score (nSPS) is 19.4. The van der Waals surface area contributed by atoms with E-state index in [9.17, 15) is 4.79 Å². The summed E-state index contributed by atoms with van der Waals surface area (Å²) in [5.74, 6) is 0.838. The van der Waals surface area contributed by atoms with Crippen LogP contribution in [0.2, 0.25) is 0 Å². The van der Waals surface area contributed by atoms with Crippen molar-refractivity contribution >= 4 is 16.7 Å². The maximum atomic E-state index is 13.4. The van der Waals surface area contributed by atoms with Crippen LogP contribution in [-0.4, -0.2) is 54.7 Å². The molecule has 5 rings (SSSR count). The summed E-state index contributed by atoms with van der Waals surface area (Å²) < 4.78 is 13.1. The van der Waals surface area contributed by atoms with E-state index in [2.05, 4.69) is 34.6 Å². The molecule has 0 aliphatic carbocycles. The fraction of sp³-hybridized carbons (Fsp3) is 0.375. The highest BCUT2D eigenvalue weighted by atomic mass is 16.5. The van der Waals surface area contributed by atoms with Crippen molar-refractivity contribution in [1.29, 1.82) is 0 Å². The van der Waals surface area contributed by atoms with Gasteiger partial charge in [0.2, 0.25) is 0 Å². The van der Waals surface area contributed by atoms with Crippen LogP contribution in [0.25, 0.3) is 10.9 Å². The lowest BCUT2D eigenvalue weighted by atomic mass is 9.96. The molecule has 5 heteroatoms. The number of aromatic nitrogens is 1. The zero-order chi connectivity index (χ0) is 20.0.